The highest BCUT2D eigenvalue weighted by atomic mass is 32.1. The normalized spacial score (nSPS) is 10.4. The number of aromatic nitrogens is 3. The van der Waals surface area contributed by atoms with Gasteiger partial charge in [-0.25, -0.2) is 9.97 Å². The molecular formula is C17H17N5OS. The van der Waals surface area contributed by atoms with Crippen LogP contribution in [0.1, 0.15) is 17.1 Å². The summed E-state index contributed by atoms with van der Waals surface area (Å²) in [4.78, 5) is 25.0. The van der Waals surface area contributed by atoms with E-state index in [9.17, 15) is 4.79 Å². The zero-order chi connectivity index (χ0) is 16.8. The van der Waals surface area contributed by atoms with E-state index in [-0.39, 0.29) is 12.3 Å². The van der Waals surface area contributed by atoms with Crippen LogP contribution in [0.5, 0.6) is 0 Å². The van der Waals surface area contributed by atoms with Crippen LogP contribution >= 0.6 is 11.3 Å². The van der Waals surface area contributed by atoms with Crippen LogP contribution in [0, 0.1) is 6.92 Å². The van der Waals surface area contributed by atoms with Gasteiger partial charge in [-0.15, -0.1) is 11.3 Å². The first-order chi connectivity index (χ1) is 11.7. The molecule has 0 aliphatic heterocycles. The Morgan fingerprint density at radius 2 is 2.04 bits per heavy atom. The van der Waals surface area contributed by atoms with E-state index in [1.54, 1.807) is 6.20 Å². The fraction of sp³-hybridized carbons (Fsp3) is 0.176. The molecule has 2 N–H and O–H groups in total. The van der Waals surface area contributed by atoms with E-state index in [0.717, 1.165) is 28.0 Å². The summed E-state index contributed by atoms with van der Waals surface area (Å²) in [6, 6.07) is 11.4. The average Bonchev–Trinajstić information content (AvgIpc) is 3.01. The summed E-state index contributed by atoms with van der Waals surface area (Å²) in [5.74, 6) is 0.668. The molecule has 6 nitrogen and oxygen atoms in total. The highest BCUT2D eigenvalue weighted by Crippen LogP contribution is 2.20. The van der Waals surface area contributed by atoms with Crippen LogP contribution in [-0.2, 0) is 17.8 Å². The maximum atomic E-state index is 12.0. The molecule has 3 aromatic heterocycles. The van der Waals surface area contributed by atoms with Crippen LogP contribution in [0.15, 0.2) is 48.0 Å². The number of thiazole rings is 1. The van der Waals surface area contributed by atoms with Gasteiger partial charge in [0.1, 0.15) is 5.82 Å². The first-order valence-corrected chi connectivity index (χ1v) is 8.39. The Morgan fingerprint density at radius 3 is 2.83 bits per heavy atom. The van der Waals surface area contributed by atoms with Gasteiger partial charge in [-0.2, -0.15) is 0 Å². The summed E-state index contributed by atoms with van der Waals surface area (Å²) in [7, 11) is 0. The molecule has 0 aromatic carbocycles. The Kier molecular flexibility index (Phi) is 5.12. The minimum Gasteiger partial charge on any atom is -0.350 e. The molecule has 0 saturated carbocycles. The Balaban J connectivity index is 1.53. The molecule has 7 heteroatoms. The number of carbonyl (C=O) groups is 1. The molecular weight excluding hydrogens is 322 g/mol. The topological polar surface area (TPSA) is 79.8 Å². The third-order valence-corrected chi connectivity index (χ3v) is 4.02. The maximum Gasteiger partial charge on any atom is 0.226 e. The molecule has 3 heterocycles. The first-order valence-electron chi connectivity index (χ1n) is 7.51. The van der Waals surface area contributed by atoms with E-state index < -0.39 is 0 Å². The minimum absolute atomic E-state index is 0.0776. The predicted octanol–water partition coefficient (Wildman–Crippen LogP) is 2.84. The lowest BCUT2D eigenvalue weighted by Gasteiger charge is -2.03. The standard InChI is InChI=1S/C17H17N5OS/c1-12-5-4-7-15(20-12)22-17-21-14(11-24-17)9-16(23)19-10-13-6-2-3-8-18-13/h2-8,11H,9-10H2,1H3,(H,19,23)(H,20,21,22). The number of nitrogens with one attached hydrogen (secondary N) is 2. The van der Waals surface area contributed by atoms with Crippen LogP contribution in [0.4, 0.5) is 10.9 Å². The second-order valence-electron chi connectivity index (χ2n) is 5.21. The van der Waals surface area contributed by atoms with E-state index in [2.05, 4.69) is 25.6 Å². The van der Waals surface area contributed by atoms with E-state index in [4.69, 9.17) is 0 Å². The molecule has 0 fully saturated rings. The quantitative estimate of drug-likeness (QED) is 0.722. The van der Waals surface area contributed by atoms with Crippen LogP contribution in [0.25, 0.3) is 0 Å². The van der Waals surface area contributed by atoms with Gasteiger partial charge < -0.3 is 10.6 Å². The molecule has 0 aliphatic rings. The van der Waals surface area contributed by atoms with Crippen molar-refractivity contribution in [3.63, 3.8) is 0 Å². The number of pyridine rings is 2. The van der Waals surface area contributed by atoms with Gasteiger partial charge >= 0.3 is 0 Å². The lowest BCUT2D eigenvalue weighted by Crippen LogP contribution is -2.25. The zero-order valence-corrected chi connectivity index (χ0v) is 14.0. The highest BCUT2D eigenvalue weighted by Gasteiger charge is 2.08. The van der Waals surface area contributed by atoms with E-state index >= 15 is 0 Å². The SMILES string of the molecule is Cc1cccc(Nc2nc(CC(=O)NCc3ccccn3)cs2)n1. The van der Waals surface area contributed by atoms with E-state index in [1.165, 1.54) is 11.3 Å². The molecule has 0 saturated heterocycles. The van der Waals surface area contributed by atoms with Crippen LogP contribution in [0.3, 0.4) is 0 Å². The Morgan fingerprint density at radius 1 is 1.12 bits per heavy atom. The number of rotatable bonds is 6. The lowest BCUT2D eigenvalue weighted by molar-refractivity contribution is -0.120. The summed E-state index contributed by atoms with van der Waals surface area (Å²) in [5.41, 5.74) is 2.50. The number of nitrogens with zero attached hydrogens (tertiary/aromatic N) is 3. The number of anilines is 2. The van der Waals surface area contributed by atoms with Gasteiger partial charge in [0, 0.05) is 17.3 Å². The van der Waals surface area contributed by atoms with E-state index in [1.807, 2.05) is 48.7 Å². The van der Waals surface area contributed by atoms with Crippen molar-refractivity contribution in [1.82, 2.24) is 20.3 Å². The van der Waals surface area contributed by atoms with Crippen molar-refractivity contribution in [2.24, 2.45) is 0 Å². The monoisotopic (exact) mass is 339 g/mol. The van der Waals surface area contributed by atoms with Crippen molar-refractivity contribution in [3.05, 3.63) is 65.1 Å². The molecule has 0 atom stereocenters. The maximum absolute atomic E-state index is 12.0. The molecule has 3 rings (SSSR count). The van der Waals surface area contributed by atoms with Gasteiger partial charge in [0.05, 0.1) is 24.4 Å². The summed E-state index contributed by atoms with van der Waals surface area (Å²) in [6.07, 6.45) is 1.95. The fourth-order valence-corrected chi connectivity index (χ4v) is 2.80. The zero-order valence-electron chi connectivity index (χ0n) is 13.2. The molecule has 0 radical (unpaired) electrons. The Labute approximate surface area is 144 Å². The summed E-state index contributed by atoms with van der Waals surface area (Å²) >= 11 is 1.45. The minimum atomic E-state index is -0.0776. The van der Waals surface area contributed by atoms with Crippen molar-refractivity contribution in [3.8, 4) is 0 Å². The Bertz CT molecular complexity index is 819. The van der Waals surface area contributed by atoms with Crippen molar-refractivity contribution in [1.29, 1.82) is 0 Å². The smallest absolute Gasteiger partial charge is 0.226 e. The number of hydrogen-bond donors (Lipinski definition) is 2. The Hall–Kier alpha value is -2.80. The van der Waals surface area contributed by atoms with Crippen molar-refractivity contribution in [2.45, 2.75) is 19.9 Å². The average molecular weight is 339 g/mol. The van der Waals surface area contributed by atoms with Gasteiger partial charge in [0.2, 0.25) is 5.91 Å². The number of hydrogen-bond acceptors (Lipinski definition) is 6. The predicted molar refractivity (Wildman–Crippen MR) is 94.2 cm³/mol. The van der Waals surface area contributed by atoms with Crippen molar-refractivity contribution < 1.29 is 4.79 Å². The third-order valence-electron chi connectivity index (χ3n) is 3.21. The number of amides is 1. The van der Waals surface area contributed by atoms with Gasteiger partial charge in [-0.1, -0.05) is 12.1 Å². The molecule has 0 unspecified atom stereocenters. The van der Waals surface area contributed by atoms with Gasteiger partial charge in [0.25, 0.3) is 0 Å². The highest BCUT2D eigenvalue weighted by molar-refractivity contribution is 7.13. The molecule has 0 aliphatic carbocycles. The number of carbonyl (C=O) groups excluding carboxylic acids is 1. The largest absolute Gasteiger partial charge is 0.350 e. The molecule has 24 heavy (non-hydrogen) atoms. The molecule has 122 valence electrons. The lowest BCUT2D eigenvalue weighted by atomic mass is 10.3. The fourth-order valence-electron chi connectivity index (χ4n) is 2.09. The second-order valence-corrected chi connectivity index (χ2v) is 6.07. The van der Waals surface area contributed by atoms with Crippen LogP contribution < -0.4 is 10.6 Å². The number of aryl methyl sites for hydroxylation is 1. The van der Waals surface area contributed by atoms with Crippen molar-refractivity contribution >= 4 is 28.2 Å². The van der Waals surface area contributed by atoms with Gasteiger partial charge in [-0.05, 0) is 31.2 Å². The third kappa shape index (κ3) is 4.60. The molecule has 1 amide bonds. The van der Waals surface area contributed by atoms with Gasteiger partial charge in [0.15, 0.2) is 5.13 Å². The van der Waals surface area contributed by atoms with Crippen molar-refractivity contribution in [2.75, 3.05) is 5.32 Å². The first kappa shape index (κ1) is 16.1. The summed E-state index contributed by atoms with van der Waals surface area (Å²) < 4.78 is 0. The van der Waals surface area contributed by atoms with E-state index in [0.29, 0.717) is 6.54 Å². The second kappa shape index (κ2) is 7.65. The van der Waals surface area contributed by atoms with Crippen LogP contribution in [0.2, 0.25) is 0 Å². The summed E-state index contributed by atoms with van der Waals surface area (Å²) in [6.45, 7) is 2.35. The molecule has 0 spiro atoms. The van der Waals surface area contributed by atoms with Crippen LogP contribution in [-0.4, -0.2) is 20.9 Å². The molecule has 3 aromatic rings. The molecule has 0 bridgehead atoms. The summed E-state index contributed by atoms with van der Waals surface area (Å²) in [5, 5.41) is 8.59. The van der Waals surface area contributed by atoms with Gasteiger partial charge in [-0.3, -0.25) is 9.78 Å².